The van der Waals surface area contributed by atoms with Crippen molar-refractivity contribution in [2.75, 3.05) is 20.1 Å². The van der Waals surface area contributed by atoms with E-state index in [0.29, 0.717) is 24.0 Å². The third kappa shape index (κ3) is 8.62. The fourth-order valence-electron chi connectivity index (χ4n) is 4.70. The van der Waals surface area contributed by atoms with Crippen molar-refractivity contribution >= 4 is 0 Å². The minimum atomic E-state index is -4.87. The molecule has 36 heavy (non-hydrogen) atoms. The van der Waals surface area contributed by atoms with Crippen molar-refractivity contribution in [3.63, 3.8) is 0 Å². The Hall–Kier alpha value is -2.39. The van der Waals surface area contributed by atoms with E-state index in [1.165, 1.54) is 24.8 Å². The first-order chi connectivity index (χ1) is 16.8. The molecule has 0 aliphatic heterocycles. The number of rotatable bonds is 6. The van der Waals surface area contributed by atoms with Crippen LogP contribution >= 0.6 is 0 Å². The van der Waals surface area contributed by atoms with E-state index >= 15 is 0 Å². The molecule has 3 atom stereocenters. The third-order valence-electron chi connectivity index (χ3n) is 6.58. The smallest absolute Gasteiger partial charge is 0.392 e. The van der Waals surface area contributed by atoms with Crippen molar-refractivity contribution in [1.82, 2.24) is 4.90 Å². The van der Waals surface area contributed by atoms with Gasteiger partial charge in [-0.05, 0) is 79.1 Å². The SMILES string of the molecule is C=CCN(C)CC1CCCC(c2ccc(F)cc2)C1C.OCc1cc(C(F)(F)F)cc(C(F)(F)F)c1. The Balaban J connectivity index is 0.000000261. The number of hydrogen-bond acceptors (Lipinski definition) is 2. The first-order valence-corrected chi connectivity index (χ1v) is 11.7. The Morgan fingerprint density at radius 3 is 2.00 bits per heavy atom. The van der Waals surface area contributed by atoms with E-state index in [9.17, 15) is 30.7 Å². The van der Waals surface area contributed by atoms with E-state index in [-0.39, 0.29) is 11.9 Å². The molecule has 1 aliphatic carbocycles. The van der Waals surface area contributed by atoms with Crippen LogP contribution in [0.15, 0.2) is 55.1 Å². The van der Waals surface area contributed by atoms with E-state index in [1.807, 2.05) is 18.2 Å². The molecule has 9 heteroatoms. The molecule has 1 N–H and O–H groups in total. The quantitative estimate of drug-likeness (QED) is 0.313. The number of benzene rings is 2. The molecule has 0 radical (unpaired) electrons. The predicted molar refractivity (Wildman–Crippen MR) is 126 cm³/mol. The molecule has 1 saturated carbocycles. The molecule has 1 aliphatic rings. The molecule has 0 heterocycles. The number of aliphatic hydroxyl groups excluding tert-OH is 1. The van der Waals surface area contributed by atoms with Gasteiger partial charge in [0, 0.05) is 13.1 Å². The van der Waals surface area contributed by atoms with Crippen molar-refractivity contribution in [1.29, 1.82) is 0 Å². The second-order valence-corrected chi connectivity index (χ2v) is 9.29. The Labute approximate surface area is 207 Å². The largest absolute Gasteiger partial charge is 0.416 e. The predicted octanol–water partition coefficient (Wildman–Crippen LogP) is 7.68. The second-order valence-electron chi connectivity index (χ2n) is 9.29. The first-order valence-electron chi connectivity index (χ1n) is 11.7. The summed E-state index contributed by atoms with van der Waals surface area (Å²) >= 11 is 0. The summed E-state index contributed by atoms with van der Waals surface area (Å²) in [6, 6.07) is 8.09. The maximum Gasteiger partial charge on any atom is 0.416 e. The highest BCUT2D eigenvalue weighted by molar-refractivity contribution is 5.33. The Bertz CT molecular complexity index is 937. The molecule has 2 aromatic carbocycles. The number of halogens is 7. The molecule has 1 fully saturated rings. The monoisotopic (exact) mass is 519 g/mol. The average molecular weight is 520 g/mol. The normalized spacial score (nSPS) is 20.6. The van der Waals surface area contributed by atoms with Gasteiger partial charge in [0.2, 0.25) is 0 Å². The van der Waals surface area contributed by atoms with Gasteiger partial charge in [-0.2, -0.15) is 26.3 Å². The summed E-state index contributed by atoms with van der Waals surface area (Å²) in [7, 11) is 2.16. The van der Waals surface area contributed by atoms with Gasteiger partial charge < -0.3 is 10.0 Å². The highest BCUT2D eigenvalue weighted by Gasteiger charge is 2.36. The fraction of sp³-hybridized carbons (Fsp3) is 0.481. The number of hydrogen-bond donors (Lipinski definition) is 1. The van der Waals surface area contributed by atoms with Crippen molar-refractivity contribution in [2.45, 2.75) is 51.1 Å². The standard InChI is InChI=1S/C18H26FN.C9H6F6O/c1-4-12-20(3)13-16-6-5-7-18(14(16)2)15-8-10-17(19)11-9-15;10-8(11,12)6-1-5(4-16)2-7(3-6)9(13,14)15/h4,8-11,14,16,18H,1,5-7,12-13H2,2-3H3;1-3,16H,4H2. The zero-order chi connectivity index (χ0) is 27.1. The zero-order valence-corrected chi connectivity index (χ0v) is 20.3. The van der Waals surface area contributed by atoms with Gasteiger partial charge in [0.1, 0.15) is 5.82 Å². The molecular formula is C27H32F7NO. The van der Waals surface area contributed by atoms with Gasteiger partial charge in [-0.25, -0.2) is 4.39 Å². The van der Waals surface area contributed by atoms with Crippen molar-refractivity contribution in [2.24, 2.45) is 11.8 Å². The first kappa shape index (κ1) is 29.8. The average Bonchev–Trinajstić information content (AvgIpc) is 2.80. The highest BCUT2D eigenvalue weighted by Crippen LogP contribution is 2.41. The summed E-state index contributed by atoms with van der Waals surface area (Å²) < 4.78 is 86.4. The molecule has 0 aromatic heterocycles. The topological polar surface area (TPSA) is 23.5 Å². The van der Waals surface area contributed by atoms with Gasteiger partial charge in [0.15, 0.2) is 0 Å². The van der Waals surface area contributed by atoms with Gasteiger partial charge in [-0.15, -0.1) is 6.58 Å². The minimum absolute atomic E-state index is 0.0131. The molecule has 2 nitrogen and oxygen atoms in total. The Morgan fingerprint density at radius 1 is 0.972 bits per heavy atom. The van der Waals surface area contributed by atoms with Crippen LogP contribution in [0, 0.1) is 17.7 Å². The Morgan fingerprint density at radius 2 is 1.53 bits per heavy atom. The van der Waals surface area contributed by atoms with E-state index in [4.69, 9.17) is 5.11 Å². The van der Waals surface area contributed by atoms with Gasteiger partial charge in [0.25, 0.3) is 0 Å². The third-order valence-corrected chi connectivity index (χ3v) is 6.58. The van der Waals surface area contributed by atoms with Crippen LogP contribution in [-0.4, -0.2) is 30.1 Å². The van der Waals surface area contributed by atoms with E-state index in [2.05, 4.69) is 25.5 Å². The molecule has 2 aromatic rings. The van der Waals surface area contributed by atoms with Crippen molar-refractivity contribution in [3.05, 3.63) is 83.2 Å². The van der Waals surface area contributed by atoms with Crippen molar-refractivity contribution in [3.8, 4) is 0 Å². The summed E-state index contributed by atoms with van der Waals surface area (Å²) in [5.41, 5.74) is -1.98. The van der Waals surface area contributed by atoms with Crippen LogP contribution in [0.2, 0.25) is 0 Å². The van der Waals surface area contributed by atoms with Gasteiger partial charge in [-0.1, -0.05) is 31.6 Å². The van der Waals surface area contributed by atoms with Crippen molar-refractivity contribution < 1.29 is 35.8 Å². The van der Waals surface area contributed by atoms with Gasteiger partial charge in [0.05, 0.1) is 17.7 Å². The summed E-state index contributed by atoms with van der Waals surface area (Å²) in [6.45, 7) is 7.36. The molecular weight excluding hydrogens is 487 g/mol. The molecule has 0 amide bonds. The fourth-order valence-corrected chi connectivity index (χ4v) is 4.70. The summed E-state index contributed by atoms with van der Waals surface area (Å²) in [4.78, 5) is 2.35. The highest BCUT2D eigenvalue weighted by atomic mass is 19.4. The minimum Gasteiger partial charge on any atom is -0.392 e. The summed E-state index contributed by atoms with van der Waals surface area (Å²) in [5, 5.41) is 8.58. The second kappa shape index (κ2) is 12.7. The van der Waals surface area contributed by atoms with Crippen LogP contribution in [0.25, 0.3) is 0 Å². The van der Waals surface area contributed by atoms with E-state index < -0.39 is 35.6 Å². The maximum absolute atomic E-state index is 13.1. The van der Waals surface area contributed by atoms with Crippen LogP contribution in [-0.2, 0) is 19.0 Å². The van der Waals surface area contributed by atoms with Gasteiger partial charge in [-0.3, -0.25) is 0 Å². The lowest BCUT2D eigenvalue weighted by molar-refractivity contribution is -0.143. The maximum atomic E-state index is 13.1. The number of nitrogens with zero attached hydrogens (tertiary/aromatic N) is 1. The lowest BCUT2D eigenvalue weighted by Crippen LogP contribution is -2.34. The van der Waals surface area contributed by atoms with Crippen LogP contribution in [0.5, 0.6) is 0 Å². The van der Waals surface area contributed by atoms with Crippen LogP contribution < -0.4 is 0 Å². The van der Waals surface area contributed by atoms with Gasteiger partial charge >= 0.3 is 12.4 Å². The van der Waals surface area contributed by atoms with Crippen LogP contribution in [0.3, 0.4) is 0 Å². The Kier molecular flexibility index (Phi) is 10.5. The molecule has 3 unspecified atom stereocenters. The molecule has 3 rings (SSSR count). The molecule has 0 spiro atoms. The van der Waals surface area contributed by atoms with E-state index in [1.54, 1.807) is 12.1 Å². The summed E-state index contributed by atoms with van der Waals surface area (Å²) in [6.07, 6.45) is -3.96. The molecule has 0 bridgehead atoms. The van der Waals surface area contributed by atoms with Crippen LogP contribution in [0.1, 0.15) is 54.4 Å². The van der Waals surface area contributed by atoms with Crippen LogP contribution in [0.4, 0.5) is 30.7 Å². The number of aliphatic hydroxyl groups is 1. The summed E-state index contributed by atoms with van der Waals surface area (Å²) in [5.74, 6) is 1.82. The lowest BCUT2D eigenvalue weighted by atomic mass is 9.70. The number of likely N-dealkylation sites (N-methyl/N-ethyl adjacent to an activating group) is 1. The molecule has 200 valence electrons. The zero-order valence-electron chi connectivity index (χ0n) is 20.3. The molecule has 0 saturated heterocycles. The van der Waals surface area contributed by atoms with E-state index in [0.717, 1.165) is 19.0 Å². The number of alkyl halides is 6. The lowest BCUT2D eigenvalue weighted by Gasteiger charge is -2.38.